The number of nitrogens with zero attached hydrogens (tertiary/aromatic N) is 3. The molecular formula is C10H10N4O2S. The Morgan fingerprint density at radius 3 is 3.00 bits per heavy atom. The van der Waals surface area contributed by atoms with Crippen molar-refractivity contribution < 1.29 is 9.59 Å². The molecule has 0 radical (unpaired) electrons. The fourth-order valence-corrected chi connectivity index (χ4v) is 2.76. The van der Waals surface area contributed by atoms with E-state index < -0.39 is 5.91 Å². The first-order valence-corrected chi connectivity index (χ1v) is 6.10. The van der Waals surface area contributed by atoms with Crippen molar-refractivity contribution in [2.24, 2.45) is 5.11 Å². The van der Waals surface area contributed by atoms with Gasteiger partial charge in [0.15, 0.2) is 0 Å². The maximum atomic E-state index is 11.5. The highest BCUT2D eigenvalue weighted by Crippen LogP contribution is 2.32. The van der Waals surface area contributed by atoms with Crippen LogP contribution in [0.15, 0.2) is 10.5 Å². The highest BCUT2D eigenvalue weighted by molar-refractivity contribution is 7.11. The number of aryl methyl sites for hydroxylation is 1. The van der Waals surface area contributed by atoms with Crippen molar-refractivity contribution >= 4 is 28.8 Å². The second-order valence-corrected chi connectivity index (χ2v) is 4.66. The summed E-state index contributed by atoms with van der Waals surface area (Å²) in [6.45, 7) is 0. The van der Waals surface area contributed by atoms with Crippen molar-refractivity contribution in [2.75, 3.05) is 5.32 Å². The Labute approximate surface area is 101 Å². The lowest BCUT2D eigenvalue weighted by Crippen LogP contribution is -2.15. The van der Waals surface area contributed by atoms with E-state index in [0.29, 0.717) is 12.1 Å². The number of azide groups is 1. The van der Waals surface area contributed by atoms with E-state index in [1.807, 2.05) is 0 Å². The van der Waals surface area contributed by atoms with E-state index in [-0.39, 0.29) is 11.5 Å². The molecule has 0 aromatic carbocycles. The van der Waals surface area contributed by atoms with Crippen LogP contribution in [0.5, 0.6) is 0 Å². The Kier molecular flexibility index (Phi) is 3.41. The number of carbonyl (C=O) groups excluding carboxylic acids is 2. The van der Waals surface area contributed by atoms with Crippen LogP contribution in [0.4, 0.5) is 5.69 Å². The van der Waals surface area contributed by atoms with Crippen LogP contribution >= 0.6 is 11.3 Å². The summed E-state index contributed by atoms with van der Waals surface area (Å²) in [6, 6.07) is 0. The summed E-state index contributed by atoms with van der Waals surface area (Å²) in [6.07, 6.45) is 3.08. The number of carbonyl (C=O) groups is 2. The molecule has 0 spiro atoms. The van der Waals surface area contributed by atoms with Gasteiger partial charge in [-0.25, -0.2) is 0 Å². The van der Waals surface area contributed by atoms with E-state index in [4.69, 9.17) is 5.53 Å². The third kappa shape index (κ3) is 2.46. The van der Waals surface area contributed by atoms with Crippen molar-refractivity contribution in [1.29, 1.82) is 0 Å². The van der Waals surface area contributed by atoms with Crippen LogP contribution in [0.2, 0.25) is 0 Å². The van der Waals surface area contributed by atoms with Gasteiger partial charge in [0, 0.05) is 21.6 Å². The van der Waals surface area contributed by atoms with Crippen molar-refractivity contribution in [3.8, 4) is 0 Å². The maximum Gasteiger partial charge on any atom is 0.252 e. The lowest BCUT2D eigenvalue weighted by Gasteiger charge is -2.11. The van der Waals surface area contributed by atoms with Crippen LogP contribution in [0.1, 0.15) is 34.5 Å². The molecule has 88 valence electrons. The largest absolute Gasteiger partial charge is 0.324 e. The molecule has 1 aromatic heterocycles. The Balaban J connectivity index is 2.39. The molecule has 0 unspecified atom stereocenters. The molecule has 2 amide bonds. The van der Waals surface area contributed by atoms with Crippen LogP contribution in [-0.2, 0) is 11.2 Å². The highest BCUT2D eigenvalue weighted by Gasteiger charge is 2.20. The van der Waals surface area contributed by atoms with Gasteiger partial charge in [-0.1, -0.05) is 0 Å². The lowest BCUT2D eigenvalue weighted by atomic mass is 10.1. The van der Waals surface area contributed by atoms with Gasteiger partial charge in [-0.3, -0.25) is 9.59 Å². The molecule has 0 fully saturated rings. The topological polar surface area (TPSA) is 94.9 Å². The van der Waals surface area contributed by atoms with Crippen LogP contribution in [-0.4, -0.2) is 11.8 Å². The predicted molar refractivity (Wildman–Crippen MR) is 64.0 cm³/mol. The molecule has 7 heteroatoms. The Morgan fingerprint density at radius 2 is 2.24 bits per heavy atom. The Hall–Kier alpha value is -1.85. The molecule has 1 aliphatic rings. The van der Waals surface area contributed by atoms with Crippen LogP contribution < -0.4 is 5.32 Å². The molecule has 2 heterocycles. The van der Waals surface area contributed by atoms with Crippen LogP contribution in [0.25, 0.3) is 10.4 Å². The van der Waals surface area contributed by atoms with E-state index in [1.54, 1.807) is 5.38 Å². The molecule has 0 atom stereocenters. The molecule has 0 saturated heterocycles. The van der Waals surface area contributed by atoms with E-state index in [1.165, 1.54) is 11.3 Å². The van der Waals surface area contributed by atoms with Crippen LogP contribution in [0.3, 0.4) is 0 Å². The minimum atomic E-state index is -0.647. The van der Waals surface area contributed by atoms with E-state index in [0.717, 1.165) is 24.1 Å². The second-order valence-electron chi connectivity index (χ2n) is 3.70. The first-order valence-electron chi connectivity index (χ1n) is 5.22. The van der Waals surface area contributed by atoms with Gasteiger partial charge in [-0.2, -0.15) is 0 Å². The monoisotopic (exact) mass is 250 g/mol. The first-order chi connectivity index (χ1) is 8.22. The molecule has 0 saturated carbocycles. The molecule has 0 aliphatic carbocycles. The average molecular weight is 250 g/mol. The maximum absolute atomic E-state index is 11.5. The van der Waals surface area contributed by atoms with Gasteiger partial charge in [0.2, 0.25) is 5.91 Å². The highest BCUT2D eigenvalue weighted by atomic mass is 32.1. The fraction of sp³-hybridized carbons (Fsp3) is 0.400. The quantitative estimate of drug-likeness (QED) is 0.471. The van der Waals surface area contributed by atoms with E-state index in [2.05, 4.69) is 15.3 Å². The van der Waals surface area contributed by atoms with Gasteiger partial charge in [-0.15, -0.1) is 11.3 Å². The summed E-state index contributed by atoms with van der Waals surface area (Å²) >= 11 is 1.41. The molecule has 17 heavy (non-hydrogen) atoms. The zero-order chi connectivity index (χ0) is 12.3. The third-order valence-electron chi connectivity index (χ3n) is 2.56. The Bertz CT molecular complexity index is 516. The van der Waals surface area contributed by atoms with Crippen molar-refractivity contribution in [1.82, 2.24) is 0 Å². The third-order valence-corrected chi connectivity index (χ3v) is 3.60. The van der Waals surface area contributed by atoms with Gasteiger partial charge < -0.3 is 5.32 Å². The van der Waals surface area contributed by atoms with Crippen LogP contribution in [0, 0.1) is 0 Å². The molecule has 2 rings (SSSR count). The van der Waals surface area contributed by atoms with Crippen molar-refractivity contribution in [3.63, 3.8) is 0 Å². The lowest BCUT2D eigenvalue weighted by molar-refractivity contribution is -0.116. The van der Waals surface area contributed by atoms with Gasteiger partial charge in [0.25, 0.3) is 5.91 Å². The first kappa shape index (κ1) is 11.6. The summed E-state index contributed by atoms with van der Waals surface area (Å²) in [5.74, 6) is -0.745. The number of rotatable bonds is 1. The number of hydrogen-bond donors (Lipinski definition) is 1. The standard InChI is InChI=1S/C10H10N4O2S/c11-14-13-10(16)6-5-17-7-3-1-2-4-8(15)12-9(6)7/h5H,1-4H2,(H,12,15). The van der Waals surface area contributed by atoms with Gasteiger partial charge in [-0.05, 0) is 29.9 Å². The minimum absolute atomic E-state index is 0.0978. The normalized spacial score (nSPS) is 14.9. The van der Waals surface area contributed by atoms with Crippen molar-refractivity contribution in [3.05, 3.63) is 26.3 Å². The summed E-state index contributed by atoms with van der Waals surface area (Å²) in [5, 5.41) is 7.40. The van der Waals surface area contributed by atoms with Gasteiger partial charge in [0.1, 0.15) is 0 Å². The Morgan fingerprint density at radius 1 is 1.47 bits per heavy atom. The molecule has 1 aliphatic heterocycles. The number of nitrogens with one attached hydrogen (secondary N) is 1. The minimum Gasteiger partial charge on any atom is -0.324 e. The number of fused-ring (bicyclic) bond motifs is 1. The zero-order valence-electron chi connectivity index (χ0n) is 8.97. The summed E-state index contributed by atoms with van der Waals surface area (Å²) in [5.41, 5.74) is 9.06. The predicted octanol–water partition coefficient (Wildman–Crippen LogP) is 2.86. The van der Waals surface area contributed by atoms with Gasteiger partial charge >= 0.3 is 0 Å². The second kappa shape index (κ2) is 4.99. The summed E-state index contributed by atoms with van der Waals surface area (Å²) < 4.78 is 0. The number of anilines is 1. The average Bonchev–Trinajstić information content (AvgIpc) is 2.64. The van der Waals surface area contributed by atoms with Crippen molar-refractivity contribution in [2.45, 2.75) is 25.7 Å². The van der Waals surface area contributed by atoms with Gasteiger partial charge in [0.05, 0.1) is 11.3 Å². The summed E-state index contributed by atoms with van der Waals surface area (Å²) in [4.78, 5) is 26.5. The summed E-state index contributed by atoms with van der Waals surface area (Å²) in [7, 11) is 0. The number of amides is 2. The molecule has 1 aromatic rings. The van der Waals surface area contributed by atoms with E-state index in [9.17, 15) is 9.59 Å². The molecule has 0 bridgehead atoms. The fourth-order valence-electron chi connectivity index (χ4n) is 1.74. The number of thiophene rings is 1. The number of hydrogen-bond acceptors (Lipinski definition) is 3. The SMILES string of the molecule is [N-]=[N+]=NC(=O)c1csc2c1NC(=O)CCCC2. The zero-order valence-corrected chi connectivity index (χ0v) is 9.79. The molecule has 6 nitrogen and oxygen atoms in total. The van der Waals surface area contributed by atoms with E-state index >= 15 is 0 Å². The molecule has 1 N–H and O–H groups in total. The molecular weight excluding hydrogens is 240 g/mol. The smallest absolute Gasteiger partial charge is 0.252 e.